The van der Waals surface area contributed by atoms with Gasteiger partial charge in [0, 0.05) is 37.3 Å². The molecule has 0 aromatic carbocycles. The molecule has 0 spiro atoms. The summed E-state index contributed by atoms with van der Waals surface area (Å²) in [4.78, 5) is 5.36. The molecule has 3 atom stereocenters. The summed E-state index contributed by atoms with van der Waals surface area (Å²) in [5.74, 6) is 0. The molecule has 0 radical (unpaired) electrons. The van der Waals surface area contributed by atoms with Crippen LogP contribution in [0.15, 0.2) is 0 Å². The van der Waals surface area contributed by atoms with Gasteiger partial charge in [-0.1, -0.05) is 0 Å². The third kappa shape index (κ3) is 3.06. The molecule has 3 aliphatic rings. The Bertz CT molecular complexity index is 271. The second-order valence-corrected chi connectivity index (χ2v) is 6.79. The SMILES string of the molecule is CC(CN1CCCC1)NC1CC(C)N(C2CC2)C1. The molecule has 1 N–H and O–H groups in total. The van der Waals surface area contributed by atoms with Crippen molar-refractivity contribution in [1.29, 1.82) is 0 Å². The summed E-state index contributed by atoms with van der Waals surface area (Å²) in [5.41, 5.74) is 0. The van der Waals surface area contributed by atoms with Crippen LogP contribution < -0.4 is 5.32 Å². The maximum Gasteiger partial charge on any atom is 0.0213 e. The summed E-state index contributed by atoms with van der Waals surface area (Å²) in [6.45, 7) is 9.95. The smallest absolute Gasteiger partial charge is 0.0213 e. The van der Waals surface area contributed by atoms with Crippen LogP contribution in [-0.4, -0.2) is 60.1 Å². The summed E-state index contributed by atoms with van der Waals surface area (Å²) in [6, 6.07) is 3.12. The number of hydrogen-bond acceptors (Lipinski definition) is 3. The minimum Gasteiger partial charge on any atom is -0.309 e. The van der Waals surface area contributed by atoms with Crippen LogP contribution in [0.3, 0.4) is 0 Å². The van der Waals surface area contributed by atoms with Gasteiger partial charge < -0.3 is 10.2 Å². The molecule has 1 saturated carbocycles. The van der Waals surface area contributed by atoms with Gasteiger partial charge in [-0.3, -0.25) is 4.90 Å². The summed E-state index contributed by atoms with van der Waals surface area (Å²) >= 11 is 0. The highest BCUT2D eigenvalue weighted by Crippen LogP contribution is 2.33. The molecule has 3 rings (SSSR count). The molecular formula is C15H29N3. The Balaban J connectivity index is 1.42. The van der Waals surface area contributed by atoms with Crippen LogP contribution >= 0.6 is 0 Å². The topological polar surface area (TPSA) is 18.5 Å². The van der Waals surface area contributed by atoms with Crippen LogP contribution in [-0.2, 0) is 0 Å². The van der Waals surface area contributed by atoms with Crippen LogP contribution in [0.1, 0.15) is 46.0 Å². The van der Waals surface area contributed by atoms with E-state index >= 15 is 0 Å². The van der Waals surface area contributed by atoms with Gasteiger partial charge in [-0.15, -0.1) is 0 Å². The van der Waals surface area contributed by atoms with Crippen molar-refractivity contribution in [2.75, 3.05) is 26.2 Å². The van der Waals surface area contributed by atoms with Crippen molar-refractivity contribution in [3.8, 4) is 0 Å². The Labute approximate surface area is 112 Å². The van der Waals surface area contributed by atoms with Gasteiger partial charge in [0.1, 0.15) is 0 Å². The lowest BCUT2D eigenvalue weighted by Gasteiger charge is -2.24. The van der Waals surface area contributed by atoms with E-state index in [2.05, 4.69) is 29.0 Å². The zero-order valence-corrected chi connectivity index (χ0v) is 12.1. The third-order valence-electron chi connectivity index (χ3n) is 4.89. The van der Waals surface area contributed by atoms with E-state index in [9.17, 15) is 0 Å². The third-order valence-corrected chi connectivity index (χ3v) is 4.89. The fraction of sp³-hybridized carbons (Fsp3) is 1.00. The van der Waals surface area contributed by atoms with E-state index in [0.29, 0.717) is 6.04 Å². The highest BCUT2D eigenvalue weighted by Gasteiger charge is 2.38. The molecule has 2 saturated heterocycles. The predicted molar refractivity (Wildman–Crippen MR) is 75.9 cm³/mol. The Hall–Kier alpha value is -0.120. The monoisotopic (exact) mass is 251 g/mol. The number of rotatable bonds is 5. The molecular weight excluding hydrogens is 222 g/mol. The van der Waals surface area contributed by atoms with Crippen molar-refractivity contribution in [2.45, 2.75) is 70.1 Å². The van der Waals surface area contributed by atoms with Crippen LogP contribution in [0.5, 0.6) is 0 Å². The van der Waals surface area contributed by atoms with Crippen LogP contribution in [0, 0.1) is 0 Å². The molecule has 3 heteroatoms. The van der Waals surface area contributed by atoms with Gasteiger partial charge in [-0.25, -0.2) is 0 Å². The molecule has 0 aromatic heterocycles. The number of nitrogens with one attached hydrogen (secondary N) is 1. The summed E-state index contributed by atoms with van der Waals surface area (Å²) < 4.78 is 0. The van der Waals surface area contributed by atoms with Crippen molar-refractivity contribution in [3.05, 3.63) is 0 Å². The first-order valence-corrected chi connectivity index (χ1v) is 7.96. The maximum absolute atomic E-state index is 3.87. The predicted octanol–water partition coefficient (Wildman–Crippen LogP) is 1.69. The molecule has 2 aliphatic heterocycles. The van der Waals surface area contributed by atoms with Crippen molar-refractivity contribution >= 4 is 0 Å². The summed E-state index contributed by atoms with van der Waals surface area (Å²) in [7, 11) is 0. The lowest BCUT2D eigenvalue weighted by molar-refractivity contribution is 0.250. The first-order valence-electron chi connectivity index (χ1n) is 7.96. The Morgan fingerprint density at radius 1 is 1.22 bits per heavy atom. The van der Waals surface area contributed by atoms with E-state index in [0.717, 1.165) is 18.1 Å². The molecule has 0 bridgehead atoms. The summed E-state index contributed by atoms with van der Waals surface area (Å²) in [5, 5.41) is 3.87. The maximum atomic E-state index is 3.87. The number of nitrogens with zero attached hydrogens (tertiary/aromatic N) is 2. The number of likely N-dealkylation sites (tertiary alicyclic amines) is 2. The fourth-order valence-corrected chi connectivity index (χ4v) is 3.90. The molecule has 0 aromatic rings. The summed E-state index contributed by atoms with van der Waals surface area (Å²) in [6.07, 6.45) is 7.05. The quantitative estimate of drug-likeness (QED) is 0.802. The standard InChI is InChI=1S/C15H29N3/c1-12(10-17-7-3-4-8-17)16-14-9-13(2)18(11-14)15-5-6-15/h12-16H,3-11H2,1-2H3. The minimum absolute atomic E-state index is 0.652. The lowest BCUT2D eigenvalue weighted by Crippen LogP contribution is -2.44. The highest BCUT2D eigenvalue weighted by atomic mass is 15.3. The molecule has 3 fully saturated rings. The second-order valence-electron chi connectivity index (χ2n) is 6.79. The normalized spacial score (nSPS) is 36.3. The van der Waals surface area contributed by atoms with Gasteiger partial charge in [-0.2, -0.15) is 0 Å². The molecule has 3 unspecified atom stereocenters. The van der Waals surface area contributed by atoms with Crippen molar-refractivity contribution in [2.24, 2.45) is 0 Å². The van der Waals surface area contributed by atoms with E-state index < -0.39 is 0 Å². The first-order chi connectivity index (χ1) is 8.72. The van der Waals surface area contributed by atoms with Crippen molar-refractivity contribution in [1.82, 2.24) is 15.1 Å². The van der Waals surface area contributed by atoms with E-state index in [1.165, 1.54) is 58.3 Å². The lowest BCUT2D eigenvalue weighted by atomic mass is 10.1. The zero-order chi connectivity index (χ0) is 12.5. The van der Waals surface area contributed by atoms with Crippen LogP contribution in [0.25, 0.3) is 0 Å². The molecule has 2 heterocycles. The van der Waals surface area contributed by atoms with Gasteiger partial charge in [0.25, 0.3) is 0 Å². The minimum atomic E-state index is 0.652. The fourth-order valence-electron chi connectivity index (χ4n) is 3.90. The Kier molecular flexibility index (Phi) is 3.92. The first kappa shape index (κ1) is 12.9. The van der Waals surface area contributed by atoms with Gasteiger partial charge in [0.2, 0.25) is 0 Å². The van der Waals surface area contributed by atoms with Gasteiger partial charge >= 0.3 is 0 Å². The van der Waals surface area contributed by atoms with E-state index in [4.69, 9.17) is 0 Å². The van der Waals surface area contributed by atoms with Crippen molar-refractivity contribution in [3.63, 3.8) is 0 Å². The van der Waals surface area contributed by atoms with E-state index in [-0.39, 0.29) is 0 Å². The Morgan fingerprint density at radius 2 is 1.94 bits per heavy atom. The second kappa shape index (κ2) is 5.48. The van der Waals surface area contributed by atoms with Gasteiger partial charge in [-0.05, 0) is 59.0 Å². The molecule has 18 heavy (non-hydrogen) atoms. The Morgan fingerprint density at radius 3 is 2.61 bits per heavy atom. The molecule has 104 valence electrons. The average Bonchev–Trinajstić information content (AvgIpc) is 2.92. The van der Waals surface area contributed by atoms with E-state index in [1.807, 2.05) is 0 Å². The molecule has 1 aliphatic carbocycles. The highest BCUT2D eigenvalue weighted by molar-refractivity contribution is 4.96. The zero-order valence-electron chi connectivity index (χ0n) is 12.1. The van der Waals surface area contributed by atoms with Crippen LogP contribution in [0.2, 0.25) is 0 Å². The molecule has 0 amide bonds. The average molecular weight is 251 g/mol. The van der Waals surface area contributed by atoms with Gasteiger partial charge in [0.05, 0.1) is 0 Å². The van der Waals surface area contributed by atoms with Crippen LogP contribution in [0.4, 0.5) is 0 Å². The van der Waals surface area contributed by atoms with Gasteiger partial charge in [0.15, 0.2) is 0 Å². The molecule has 3 nitrogen and oxygen atoms in total. The van der Waals surface area contributed by atoms with E-state index in [1.54, 1.807) is 0 Å². The van der Waals surface area contributed by atoms with Crippen molar-refractivity contribution < 1.29 is 0 Å². The largest absolute Gasteiger partial charge is 0.309 e. The number of hydrogen-bond donors (Lipinski definition) is 1.